The van der Waals surface area contributed by atoms with Gasteiger partial charge in [0, 0.05) is 0 Å². The molecular formula is C14H24O. The molecule has 0 bridgehead atoms. The van der Waals surface area contributed by atoms with E-state index in [2.05, 4.69) is 25.2 Å². The fraction of sp³-hybridized carbons (Fsp3) is 0.714. The largest absolute Gasteiger partial charge is 0.393 e. The lowest BCUT2D eigenvalue weighted by molar-refractivity contribution is -0.00902. The van der Waals surface area contributed by atoms with Crippen LogP contribution in [0.5, 0.6) is 0 Å². The number of hydrogen-bond donors (Lipinski definition) is 1. The Morgan fingerprint density at radius 3 is 2.40 bits per heavy atom. The summed E-state index contributed by atoms with van der Waals surface area (Å²) in [6, 6.07) is 0. The van der Waals surface area contributed by atoms with Crippen LogP contribution in [-0.2, 0) is 0 Å². The zero-order valence-corrected chi connectivity index (χ0v) is 10.3. The Balaban J connectivity index is 0.000000531. The molecule has 0 heterocycles. The van der Waals surface area contributed by atoms with Gasteiger partial charge in [-0.25, -0.2) is 0 Å². The standard InChI is InChI=1S/C12H18O.C2H6/c1-2-12(8-11(13)9-12)10-6-4-3-5-7-10;1-2/h4,6-7,11,13H,2-3,5,8-9H2,1H3;1-2H3. The summed E-state index contributed by atoms with van der Waals surface area (Å²) in [5, 5.41) is 9.39. The summed E-state index contributed by atoms with van der Waals surface area (Å²) in [5.74, 6) is 0. The van der Waals surface area contributed by atoms with Crippen LogP contribution in [0.1, 0.15) is 52.9 Å². The molecule has 0 aromatic heterocycles. The quantitative estimate of drug-likeness (QED) is 0.731. The lowest BCUT2D eigenvalue weighted by Crippen LogP contribution is -2.41. The van der Waals surface area contributed by atoms with Crippen molar-refractivity contribution in [3.8, 4) is 0 Å². The lowest BCUT2D eigenvalue weighted by atomic mass is 9.60. The summed E-state index contributed by atoms with van der Waals surface area (Å²) >= 11 is 0. The predicted octanol–water partition coefficient (Wildman–Crippen LogP) is 3.84. The second-order valence-corrected chi connectivity index (χ2v) is 4.34. The van der Waals surface area contributed by atoms with Gasteiger partial charge in [0.25, 0.3) is 0 Å². The Hall–Kier alpha value is -0.560. The fourth-order valence-electron chi connectivity index (χ4n) is 2.58. The first kappa shape index (κ1) is 12.5. The van der Waals surface area contributed by atoms with Crippen molar-refractivity contribution < 1.29 is 5.11 Å². The molecule has 2 rings (SSSR count). The first-order valence-corrected chi connectivity index (χ1v) is 6.32. The molecule has 1 saturated carbocycles. The van der Waals surface area contributed by atoms with E-state index in [0.29, 0.717) is 5.41 Å². The van der Waals surface area contributed by atoms with Crippen molar-refractivity contribution in [2.45, 2.75) is 59.0 Å². The van der Waals surface area contributed by atoms with Crippen molar-refractivity contribution in [3.05, 3.63) is 23.8 Å². The highest BCUT2D eigenvalue weighted by molar-refractivity contribution is 5.32. The Kier molecular flexibility index (Phi) is 4.59. The number of rotatable bonds is 2. The average molecular weight is 208 g/mol. The van der Waals surface area contributed by atoms with Gasteiger partial charge in [-0.1, -0.05) is 39.0 Å². The number of hydrogen-bond acceptors (Lipinski definition) is 1. The van der Waals surface area contributed by atoms with Crippen LogP contribution < -0.4 is 0 Å². The average Bonchev–Trinajstić information content (AvgIpc) is 2.28. The van der Waals surface area contributed by atoms with E-state index in [0.717, 1.165) is 12.8 Å². The topological polar surface area (TPSA) is 20.2 Å². The molecule has 1 N–H and O–H groups in total. The van der Waals surface area contributed by atoms with Crippen molar-refractivity contribution in [1.82, 2.24) is 0 Å². The van der Waals surface area contributed by atoms with Crippen LogP contribution in [-0.4, -0.2) is 11.2 Å². The van der Waals surface area contributed by atoms with Crippen molar-refractivity contribution in [2.75, 3.05) is 0 Å². The van der Waals surface area contributed by atoms with E-state index in [1.165, 1.54) is 24.8 Å². The minimum Gasteiger partial charge on any atom is -0.393 e. The van der Waals surface area contributed by atoms with E-state index in [4.69, 9.17) is 0 Å². The van der Waals surface area contributed by atoms with Gasteiger partial charge in [-0.15, -0.1) is 0 Å². The maximum atomic E-state index is 9.39. The van der Waals surface area contributed by atoms with Crippen molar-refractivity contribution >= 4 is 0 Å². The second kappa shape index (κ2) is 5.50. The van der Waals surface area contributed by atoms with Crippen LogP contribution in [0.2, 0.25) is 0 Å². The Morgan fingerprint density at radius 1 is 1.33 bits per heavy atom. The highest BCUT2D eigenvalue weighted by atomic mass is 16.3. The van der Waals surface area contributed by atoms with Gasteiger partial charge in [-0.05, 0) is 43.1 Å². The highest BCUT2D eigenvalue weighted by Crippen LogP contribution is 2.50. The second-order valence-electron chi connectivity index (χ2n) is 4.34. The van der Waals surface area contributed by atoms with E-state index in [-0.39, 0.29) is 6.10 Å². The third kappa shape index (κ3) is 2.52. The first-order chi connectivity index (χ1) is 7.27. The van der Waals surface area contributed by atoms with E-state index < -0.39 is 0 Å². The molecule has 0 aliphatic heterocycles. The van der Waals surface area contributed by atoms with E-state index in [9.17, 15) is 5.11 Å². The third-order valence-electron chi connectivity index (χ3n) is 3.54. The molecule has 0 spiro atoms. The highest BCUT2D eigenvalue weighted by Gasteiger charge is 2.43. The summed E-state index contributed by atoms with van der Waals surface area (Å²) in [7, 11) is 0. The monoisotopic (exact) mass is 208 g/mol. The maximum Gasteiger partial charge on any atom is 0.0557 e. The number of aliphatic hydroxyl groups is 1. The zero-order valence-electron chi connectivity index (χ0n) is 10.3. The minimum atomic E-state index is -0.0452. The number of aliphatic hydroxyl groups excluding tert-OH is 1. The van der Waals surface area contributed by atoms with E-state index in [1.807, 2.05) is 13.8 Å². The van der Waals surface area contributed by atoms with Crippen molar-refractivity contribution in [3.63, 3.8) is 0 Å². The molecule has 0 unspecified atom stereocenters. The van der Waals surface area contributed by atoms with Gasteiger partial charge in [-0.2, -0.15) is 0 Å². The summed E-state index contributed by atoms with van der Waals surface area (Å²) in [4.78, 5) is 0. The van der Waals surface area contributed by atoms with Crippen LogP contribution >= 0.6 is 0 Å². The van der Waals surface area contributed by atoms with Gasteiger partial charge < -0.3 is 5.11 Å². The molecule has 1 heteroatoms. The molecule has 2 aliphatic rings. The molecule has 86 valence electrons. The summed E-state index contributed by atoms with van der Waals surface area (Å²) in [5.41, 5.74) is 1.81. The smallest absolute Gasteiger partial charge is 0.0557 e. The Bertz CT molecular complexity index is 244. The molecular weight excluding hydrogens is 184 g/mol. The van der Waals surface area contributed by atoms with Gasteiger partial charge in [0.15, 0.2) is 0 Å². The third-order valence-corrected chi connectivity index (χ3v) is 3.54. The molecule has 0 saturated heterocycles. The van der Waals surface area contributed by atoms with Crippen LogP contribution in [0.3, 0.4) is 0 Å². The molecule has 0 aromatic rings. The lowest BCUT2D eigenvalue weighted by Gasteiger charge is -2.46. The summed E-state index contributed by atoms with van der Waals surface area (Å²) in [6.07, 6.45) is 12.3. The molecule has 15 heavy (non-hydrogen) atoms. The molecule has 2 aliphatic carbocycles. The molecule has 1 nitrogen and oxygen atoms in total. The number of allylic oxidation sites excluding steroid dienone is 4. The normalized spacial score (nSPS) is 33.6. The Labute approximate surface area is 93.9 Å². The van der Waals surface area contributed by atoms with Gasteiger partial charge >= 0.3 is 0 Å². The van der Waals surface area contributed by atoms with Crippen LogP contribution in [0.4, 0.5) is 0 Å². The Morgan fingerprint density at radius 2 is 2.00 bits per heavy atom. The van der Waals surface area contributed by atoms with Crippen molar-refractivity contribution in [1.29, 1.82) is 0 Å². The SMILES string of the molecule is CC.CCC1(C2=CCCC=C2)CC(O)C1. The summed E-state index contributed by atoms with van der Waals surface area (Å²) < 4.78 is 0. The molecule has 0 aromatic carbocycles. The molecule has 0 atom stereocenters. The summed E-state index contributed by atoms with van der Waals surface area (Å²) in [6.45, 7) is 6.23. The predicted molar refractivity (Wildman–Crippen MR) is 65.8 cm³/mol. The minimum absolute atomic E-state index is 0.0452. The molecule has 1 fully saturated rings. The maximum absolute atomic E-state index is 9.39. The van der Waals surface area contributed by atoms with Gasteiger partial charge in [0.1, 0.15) is 0 Å². The van der Waals surface area contributed by atoms with Crippen molar-refractivity contribution in [2.24, 2.45) is 5.41 Å². The van der Waals surface area contributed by atoms with Crippen LogP contribution in [0, 0.1) is 5.41 Å². The van der Waals surface area contributed by atoms with Crippen LogP contribution in [0.15, 0.2) is 23.8 Å². The molecule has 0 amide bonds. The fourth-order valence-corrected chi connectivity index (χ4v) is 2.58. The van der Waals surface area contributed by atoms with E-state index >= 15 is 0 Å². The van der Waals surface area contributed by atoms with Gasteiger partial charge in [0.2, 0.25) is 0 Å². The van der Waals surface area contributed by atoms with E-state index in [1.54, 1.807) is 0 Å². The van der Waals surface area contributed by atoms with Gasteiger partial charge in [0.05, 0.1) is 6.10 Å². The first-order valence-electron chi connectivity index (χ1n) is 6.32. The van der Waals surface area contributed by atoms with Gasteiger partial charge in [-0.3, -0.25) is 0 Å². The van der Waals surface area contributed by atoms with Crippen LogP contribution in [0.25, 0.3) is 0 Å². The zero-order chi connectivity index (χ0) is 11.3. The molecule has 0 radical (unpaired) electrons.